The van der Waals surface area contributed by atoms with E-state index < -0.39 is 0 Å². The van der Waals surface area contributed by atoms with E-state index in [1.807, 2.05) is 0 Å². The molecule has 1 rings (SSSR count). The van der Waals surface area contributed by atoms with Crippen LogP contribution < -0.4 is 5.32 Å². The zero-order valence-corrected chi connectivity index (χ0v) is 7.54. The molecule has 0 spiro atoms. The predicted octanol–water partition coefficient (Wildman–Crippen LogP) is -0.285. The minimum absolute atomic E-state index is 0.0954. The summed E-state index contributed by atoms with van der Waals surface area (Å²) in [6, 6.07) is 0. The summed E-state index contributed by atoms with van der Waals surface area (Å²) in [5.74, 6) is -0.0954. The van der Waals surface area contributed by atoms with Crippen molar-refractivity contribution in [3.8, 4) is 0 Å². The Kier molecular flexibility index (Phi) is 3.98. The molecule has 2 N–H and O–H groups in total. The van der Waals surface area contributed by atoms with E-state index in [0.29, 0.717) is 6.54 Å². The summed E-state index contributed by atoms with van der Waals surface area (Å²) in [5.41, 5.74) is 1.01. The molecule has 5 heteroatoms. The third-order valence-corrected chi connectivity index (χ3v) is 1.55. The van der Waals surface area contributed by atoms with Gasteiger partial charge in [0, 0.05) is 32.0 Å². The Balaban J connectivity index is 2.11. The van der Waals surface area contributed by atoms with Crippen molar-refractivity contribution in [1.82, 2.24) is 15.3 Å². The molecule has 0 fully saturated rings. The van der Waals surface area contributed by atoms with Gasteiger partial charge in [0.1, 0.15) is 6.61 Å². The largest absolute Gasteiger partial charge is 0.375 e. The number of aromatic amines is 1. The fraction of sp³-hybridized carbons (Fsp3) is 0.500. The number of imidazole rings is 1. The molecule has 13 heavy (non-hydrogen) atoms. The minimum atomic E-state index is -0.0954. The molecule has 1 heterocycles. The lowest BCUT2D eigenvalue weighted by Gasteiger charge is -2.02. The van der Waals surface area contributed by atoms with Crippen LogP contribution in [-0.4, -0.2) is 36.1 Å². The maximum Gasteiger partial charge on any atom is 0.245 e. The highest BCUT2D eigenvalue weighted by atomic mass is 16.5. The van der Waals surface area contributed by atoms with Crippen LogP contribution in [0, 0.1) is 0 Å². The van der Waals surface area contributed by atoms with Crippen LogP contribution in [0.1, 0.15) is 5.69 Å². The van der Waals surface area contributed by atoms with Gasteiger partial charge in [-0.05, 0) is 0 Å². The van der Waals surface area contributed by atoms with Crippen LogP contribution >= 0.6 is 0 Å². The zero-order chi connectivity index (χ0) is 9.52. The van der Waals surface area contributed by atoms with Crippen LogP contribution in [0.15, 0.2) is 12.5 Å². The summed E-state index contributed by atoms with van der Waals surface area (Å²) in [5, 5.41) is 2.71. The second-order valence-corrected chi connectivity index (χ2v) is 2.61. The average Bonchev–Trinajstić information content (AvgIpc) is 2.57. The van der Waals surface area contributed by atoms with Crippen molar-refractivity contribution in [3.05, 3.63) is 18.2 Å². The number of hydrogen-bond acceptors (Lipinski definition) is 3. The molecule has 0 radical (unpaired) electrons. The molecule has 0 aromatic carbocycles. The normalized spacial score (nSPS) is 9.92. The maximum absolute atomic E-state index is 10.9. The SMILES string of the molecule is COCC(=O)NCCc1cnc[nH]1. The molecule has 0 saturated carbocycles. The molecule has 0 atom stereocenters. The molecule has 0 aliphatic heterocycles. The molecular weight excluding hydrogens is 170 g/mol. The average molecular weight is 183 g/mol. The third kappa shape index (κ3) is 3.71. The van der Waals surface area contributed by atoms with E-state index in [9.17, 15) is 4.79 Å². The first-order valence-electron chi connectivity index (χ1n) is 4.06. The van der Waals surface area contributed by atoms with Crippen molar-refractivity contribution in [2.75, 3.05) is 20.3 Å². The van der Waals surface area contributed by atoms with E-state index >= 15 is 0 Å². The smallest absolute Gasteiger partial charge is 0.245 e. The van der Waals surface area contributed by atoms with Gasteiger partial charge in [0.15, 0.2) is 0 Å². The number of rotatable bonds is 5. The van der Waals surface area contributed by atoms with E-state index in [0.717, 1.165) is 12.1 Å². The first-order chi connectivity index (χ1) is 6.33. The van der Waals surface area contributed by atoms with E-state index in [1.165, 1.54) is 7.11 Å². The summed E-state index contributed by atoms with van der Waals surface area (Å²) in [6.45, 7) is 0.716. The molecule has 1 amide bonds. The molecule has 5 nitrogen and oxygen atoms in total. The van der Waals surface area contributed by atoms with Gasteiger partial charge in [-0.3, -0.25) is 4.79 Å². The molecule has 0 bridgehead atoms. The number of carbonyl (C=O) groups is 1. The molecule has 1 aromatic heterocycles. The minimum Gasteiger partial charge on any atom is -0.375 e. The van der Waals surface area contributed by atoms with Crippen molar-refractivity contribution in [1.29, 1.82) is 0 Å². The second kappa shape index (κ2) is 5.31. The van der Waals surface area contributed by atoms with Crippen LogP contribution in [0.5, 0.6) is 0 Å². The maximum atomic E-state index is 10.9. The van der Waals surface area contributed by atoms with Gasteiger partial charge in [-0.15, -0.1) is 0 Å². The molecule has 0 aliphatic rings. The number of methoxy groups -OCH3 is 1. The first-order valence-corrected chi connectivity index (χ1v) is 4.06. The first kappa shape index (κ1) is 9.73. The number of ether oxygens (including phenoxy) is 1. The van der Waals surface area contributed by atoms with Gasteiger partial charge in [-0.25, -0.2) is 4.98 Å². The Bertz CT molecular complexity index is 246. The highest BCUT2D eigenvalue weighted by Crippen LogP contribution is 1.90. The van der Waals surface area contributed by atoms with Gasteiger partial charge < -0.3 is 15.0 Å². The van der Waals surface area contributed by atoms with Crippen molar-refractivity contribution in [2.45, 2.75) is 6.42 Å². The summed E-state index contributed by atoms with van der Waals surface area (Å²) in [6.07, 6.45) is 4.12. The summed E-state index contributed by atoms with van der Waals surface area (Å²) in [4.78, 5) is 17.7. The quantitative estimate of drug-likeness (QED) is 0.659. The Hall–Kier alpha value is -1.36. The Morgan fingerprint density at radius 2 is 2.62 bits per heavy atom. The van der Waals surface area contributed by atoms with Gasteiger partial charge in [0.2, 0.25) is 5.91 Å². The van der Waals surface area contributed by atoms with E-state index in [4.69, 9.17) is 0 Å². The Morgan fingerprint density at radius 3 is 3.23 bits per heavy atom. The van der Waals surface area contributed by atoms with Crippen LogP contribution in [0.4, 0.5) is 0 Å². The summed E-state index contributed by atoms with van der Waals surface area (Å²) in [7, 11) is 1.49. The van der Waals surface area contributed by atoms with E-state index in [2.05, 4.69) is 20.0 Å². The lowest BCUT2D eigenvalue weighted by Crippen LogP contribution is -2.29. The summed E-state index contributed by atoms with van der Waals surface area (Å²) >= 11 is 0. The topological polar surface area (TPSA) is 67.0 Å². The van der Waals surface area contributed by atoms with Gasteiger partial charge >= 0.3 is 0 Å². The number of aromatic nitrogens is 2. The highest BCUT2D eigenvalue weighted by Gasteiger charge is 1.99. The molecule has 72 valence electrons. The molecule has 0 aliphatic carbocycles. The Labute approximate surface area is 76.5 Å². The van der Waals surface area contributed by atoms with E-state index in [1.54, 1.807) is 12.5 Å². The summed E-state index contributed by atoms with van der Waals surface area (Å²) < 4.78 is 4.66. The van der Waals surface area contributed by atoms with Crippen LogP contribution in [0.2, 0.25) is 0 Å². The number of carbonyl (C=O) groups excluding carboxylic acids is 1. The number of nitrogens with zero attached hydrogens (tertiary/aromatic N) is 1. The lowest BCUT2D eigenvalue weighted by molar-refractivity contribution is -0.124. The molecule has 0 saturated heterocycles. The van der Waals surface area contributed by atoms with Crippen LogP contribution in [0.3, 0.4) is 0 Å². The molecule has 0 unspecified atom stereocenters. The van der Waals surface area contributed by atoms with Crippen LogP contribution in [-0.2, 0) is 16.0 Å². The van der Waals surface area contributed by atoms with E-state index in [-0.39, 0.29) is 12.5 Å². The molecule has 1 aromatic rings. The van der Waals surface area contributed by atoms with Crippen molar-refractivity contribution in [2.24, 2.45) is 0 Å². The van der Waals surface area contributed by atoms with Crippen molar-refractivity contribution < 1.29 is 9.53 Å². The number of nitrogens with one attached hydrogen (secondary N) is 2. The number of hydrogen-bond donors (Lipinski definition) is 2. The van der Waals surface area contributed by atoms with Gasteiger partial charge in [0.25, 0.3) is 0 Å². The monoisotopic (exact) mass is 183 g/mol. The standard InChI is InChI=1S/C8H13N3O2/c1-13-5-8(12)10-3-2-7-4-9-6-11-7/h4,6H,2-3,5H2,1H3,(H,9,11)(H,10,12). The van der Waals surface area contributed by atoms with Crippen molar-refractivity contribution in [3.63, 3.8) is 0 Å². The second-order valence-electron chi connectivity index (χ2n) is 2.61. The Morgan fingerprint density at radius 1 is 1.77 bits per heavy atom. The fourth-order valence-electron chi connectivity index (χ4n) is 0.940. The zero-order valence-electron chi connectivity index (χ0n) is 7.54. The van der Waals surface area contributed by atoms with Gasteiger partial charge in [-0.1, -0.05) is 0 Å². The third-order valence-electron chi connectivity index (χ3n) is 1.55. The lowest BCUT2D eigenvalue weighted by atomic mass is 10.3. The number of H-pyrrole nitrogens is 1. The fourth-order valence-corrected chi connectivity index (χ4v) is 0.940. The molecular formula is C8H13N3O2. The van der Waals surface area contributed by atoms with Crippen LogP contribution in [0.25, 0.3) is 0 Å². The van der Waals surface area contributed by atoms with Crippen molar-refractivity contribution >= 4 is 5.91 Å². The predicted molar refractivity (Wildman–Crippen MR) is 47.2 cm³/mol. The van der Waals surface area contributed by atoms with Gasteiger partial charge in [0.05, 0.1) is 6.33 Å². The highest BCUT2D eigenvalue weighted by molar-refractivity contribution is 5.77. The number of amides is 1. The van der Waals surface area contributed by atoms with Gasteiger partial charge in [-0.2, -0.15) is 0 Å².